The van der Waals surface area contributed by atoms with Crippen LogP contribution in [0.1, 0.15) is 37.4 Å². The first-order valence-corrected chi connectivity index (χ1v) is 10.3. The molecule has 8 heteroatoms. The number of rotatable bonds is 6. The van der Waals surface area contributed by atoms with Crippen molar-refractivity contribution in [2.24, 2.45) is 0 Å². The number of halogens is 1. The van der Waals surface area contributed by atoms with E-state index in [2.05, 4.69) is 26.9 Å². The lowest BCUT2D eigenvalue weighted by atomic mass is 10.0. The number of tetrazole rings is 1. The van der Waals surface area contributed by atoms with Crippen LogP contribution in [-0.2, 0) is 4.79 Å². The maximum atomic E-state index is 12.7. The molecule has 1 amide bonds. The van der Waals surface area contributed by atoms with Crippen molar-refractivity contribution in [2.75, 3.05) is 11.4 Å². The van der Waals surface area contributed by atoms with Gasteiger partial charge in [0, 0.05) is 11.1 Å². The molecule has 154 valence electrons. The van der Waals surface area contributed by atoms with Gasteiger partial charge in [-0.15, -0.1) is 0 Å². The van der Waals surface area contributed by atoms with E-state index in [1.807, 2.05) is 73.3 Å². The summed E-state index contributed by atoms with van der Waals surface area (Å²) in [5.74, 6) is 0.446. The summed E-state index contributed by atoms with van der Waals surface area (Å²) in [6, 6.07) is 17.5. The highest BCUT2D eigenvalue weighted by atomic mass is 35.5. The summed E-state index contributed by atoms with van der Waals surface area (Å²) in [4.78, 5) is 14.6. The highest BCUT2D eigenvalue weighted by Gasteiger charge is 2.32. The highest BCUT2D eigenvalue weighted by Crippen LogP contribution is 2.36. The molecule has 0 spiro atoms. The van der Waals surface area contributed by atoms with Gasteiger partial charge >= 0.3 is 0 Å². The van der Waals surface area contributed by atoms with Crippen molar-refractivity contribution >= 4 is 29.2 Å². The summed E-state index contributed by atoms with van der Waals surface area (Å²) in [5, 5.41) is 16.0. The van der Waals surface area contributed by atoms with Gasteiger partial charge < -0.3 is 5.32 Å². The van der Waals surface area contributed by atoms with Crippen LogP contribution in [0.3, 0.4) is 0 Å². The minimum atomic E-state index is -0.212. The van der Waals surface area contributed by atoms with Gasteiger partial charge in [0.15, 0.2) is 0 Å². The van der Waals surface area contributed by atoms with Crippen molar-refractivity contribution in [2.45, 2.75) is 32.4 Å². The first-order valence-electron chi connectivity index (χ1n) is 9.94. The van der Waals surface area contributed by atoms with Gasteiger partial charge in [0.1, 0.15) is 12.6 Å². The zero-order valence-electron chi connectivity index (χ0n) is 16.9. The van der Waals surface area contributed by atoms with Crippen molar-refractivity contribution in [1.29, 1.82) is 0 Å². The molecule has 0 bridgehead atoms. The predicted octanol–water partition coefficient (Wildman–Crippen LogP) is 3.69. The second-order valence-corrected chi connectivity index (χ2v) is 7.74. The largest absolute Gasteiger partial charge is 0.352 e. The molecule has 0 radical (unpaired) electrons. The van der Waals surface area contributed by atoms with E-state index in [1.165, 1.54) is 0 Å². The summed E-state index contributed by atoms with van der Waals surface area (Å²) in [5.41, 5.74) is 2.88. The van der Waals surface area contributed by atoms with E-state index in [-0.39, 0.29) is 24.5 Å². The highest BCUT2D eigenvalue weighted by molar-refractivity contribution is 6.30. The smallest absolute Gasteiger partial charge is 0.251 e. The van der Waals surface area contributed by atoms with E-state index < -0.39 is 0 Å². The third-order valence-corrected chi connectivity index (χ3v) is 5.44. The predicted molar refractivity (Wildman–Crippen MR) is 117 cm³/mol. The summed E-state index contributed by atoms with van der Waals surface area (Å²) >= 11 is 6.07. The van der Waals surface area contributed by atoms with Crippen molar-refractivity contribution < 1.29 is 4.79 Å². The number of amides is 1. The zero-order valence-corrected chi connectivity index (χ0v) is 17.6. The second kappa shape index (κ2) is 8.67. The van der Waals surface area contributed by atoms with Crippen molar-refractivity contribution in [3.8, 4) is 0 Å². The number of carbonyl (C=O) groups excluding carboxylic acids is 1. The molecular weight excluding hydrogens is 400 g/mol. The summed E-state index contributed by atoms with van der Waals surface area (Å²) in [6.45, 7) is 4.15. The fourth-order valence-corrected chi connectivity index (χ4v) is 3.57. The number of carbonyl (C=O) groups is 1. The van der Waals surface area contributed by atoms with Gasteiger partial charge in [-0.1, -0.05) is 66.1 Å². The van der Waals surface area contributed by atoms with E-state index in [0.29, 0.717) is 11.0 Å². The minimum absolute atomic E-state index is 0.0781. The van der Waals surface area contributed by atoms with Gasteiger partial charge in [-0.05, 0) is 53.1 Å². The van der Waals surface area contributed by atoms with Gasteiger partial charge in [0.05, 0.1) is 5.70 Å². The lowest BCUT2D eigenvalue weighted by Crippen LogP contribution is -2.42. The fraction of sp³-hybridized carbons (Fsp3) is 0.273. The Kier molecular flexibility index (Phi) is 5.81. The molecule has 3 aromatic rings. The molecule has 0 aliphatic carbocycles. The maximum absolute atomic E-state index is 12.7. The van der Waals surface area contributed by atoms with E-state index in [4.69, 9.17) is 11.6 Å². The standard InChI is InChI=1S/C22H23ClN6O/c1-3-15(2)24-21(30)14-28-19(16-7-5-4-6-8-16)13-20(29-22(28)25-26-27-29)17-9-11-18(23)12-10-17/h4-13,15,20H,3,14H2,1-2H3,(H,24,30)/t15-,20+/m1/s1. The Morgan fingerprint density at radius 1 is 1.17 bits per heavy atom. The van der Waals surface area contributed by atoms with Crippen LogP contribution in [-0.4, -0.2) is 38.7 Å². The molecule has 2 heterocycles. The molecule has 4 rings (SSSR count). The molecule has 0 fully saturated rings. The van der Waals surface area contributed by atoms with Gasteiger partial charge in [0.2, 0.25) is 5.91 Å². The van der Waals surface area contributed by atoms with Crippen molar-refractivity contribution in [3.63, 3.8) is 0 Å². The number of nitrogens with one attached hydrogen (secondary N) is 1. The van der Waals surface area contributed by atoms with Crippen LogP contribution >= 0.6 is 11.6 Å². The Morgan fingerprint density at radius 3 is 2.60 bits per heavy atom. The molecule has 1 aromatic heterocycles. The number of nitrogens with zero attached hydrogens (tertiary/aromatic N) is 5. The molecule has 0 saturated carbocycles. The topological polar surface area (TPSA) is 75.9 Å². The molecule has 0 unspecified atom stereocenters. The molecule has 30 heavy (non-hydrogen) atoms. The molecule has 1 aliphatic rings. The molecule has 1 N–H and O–H groups in total. The molecule has 1 aliphatic heterocycles. The van der Waals surface area contributed by atoms with Crippen LogP contribution < -0.4 is 10.2 Å². The number of allylic oxidation sites excluding steroid dienone is 1. The van der Waals surface area contributed by atoms with Crippen LogP contribution in [0, 0.1) is 0 Å². The third-order valence-electron chi connectivity index (χ3n) is 5.19. The van der Waals surface area contributed by atoms with Crippen molar-refractivity contribution in [3.05, 3.63) is 76.8 Å². The number of anilines is 1. The van der Waals surface area contributed by atoms with Crippen molar-refractivity contribution in [1.82, 2.24) is 25.5 Å². The van der Waals surface area contributed by atoms with Crippen LogP contribution in [0.4, 0.5) is 5.95 Å². The second-order valence-electron chi connectivity index (χ2n) is 7.30. The lowest BCUT2D eigenvalue weighted by Gasteiger charge is -2.32. The third kappa shape index (κ3) is 4.07. The lowest BCUT2D eigenvalue weighted by molar-refractivity contribution is -0.120. The summed E-state index contributed by atoms with van der Waals surface area (Å²) in [6.07, 6.45) is 2.95. The van der Waals surface area contributed by atoms with Gasteiger partial charge in [-0.25, -0.2) is 0 Å². The number of fused-ring (bicyclic) bond motifs is 1. The van der Waals surface area contributed by atoms with Gasteiger partial charge in [0.25, 0.3) is 5.95 Å². The molecular formula is C22H23ClN6O. The average Bonchev–Trinajstić information content (AvgIpc) is 3.25. The average molecular weight is 423 g/mol. The van der Waals surface area contributed by atoms with Gasteiger partial charge in [-0.2, -0.15) is 4.68 Å². The SMILES string of the molecule is CC[C@@H](C)NC(=O)CN1C(c2ccccc2)=C[C@@H](c2ccc(Cl)cc2)n2nnnc21. The Labute approximate surface area is 180 Å². The molecule has 0 saturated heterocycles. The monoisotopic (exact) mass is 422 g/mol. The normalized spacial score (nSPS) is 16.6. The van der Waals surface area contributed by atoms with E-state index >= 15 is 0 Å². The maximum Gasteiger partial charge on any atom is 0.251 e. The molecule has 2 aromatic carbocycles. The number of hydrogen-bond acceptors (Lipinski definition) is 5. The minimum Gasteiger partial charge on any atom is -0.352 e. The van der Waals surface area contributed by atoms with Crippen LogP contribution in [0.5, 0.6) is 0 Å². The number of aromatic nitrogens is 4. The van der Waals surface area contributed by atoms with E-state index in [1.54, 1.807) is 4.68 Å². The quantitative estimate of drug-likeness (QED) is 0.655. The fourth-order valence-electron chi connectivity index (χ4n) is 3.44. The van der Waals surface area contributed by atoms with Gasteiger partial charge in [-0.3, -0.25) is 9.69 Å². The zero-order chi connectivity index (χ0) is 21.1. The van der Waals surface area contributed by atoms with E-state index in [0.717, 1.165) is 23.2 Å². The van der Waals surface area contributed by atoms with Crippen LogP contribution in [0.15, 0.2) is 60.7 Å². The van der Waals surface area contributed by atoms with Crippen LogP contribution in [0.2, 0.25) is 5.02 Å². The Balaban J connectivity index is 1.76. The first-order chi connectivity index (χ1) is 14.6. The number of hydrogen-bond donors (Lipinski definition) is 1. The summed E-state index contributed by atoms with van der Waals surface area (Å²) in [7, 11) is 0. The summed E-state index contributed by atoms with van der Waals surface area (Å²) < 4.78 is 1.73. The molecule has 2 atom stereocenters. The number of benzene rings is 2. The first kappa shape index (κ1) is 20.1. The Bertz CT molecular complexity index is 1050. The Morgan fingerprint density at radius 2 is 1.90 bits per heavy atom. The molecule has 7 nitrogen and oxygen atoms in total. The Hall–Kier alpha value is -3.19. The van der Waals surface area contributed by atoms with E-state index in [9.17, 15) is 4.79 Å². The van der Waals surface area contributed by atoms with Crippen LogP contribution in [0.25, 0.3) is 5.70 Å².